The van der Waals surface area contributed by atoms with E-state index in [9.17, 15) is 0 Å². The molecule has 0 spiro atoms. The zero-order valence-corrected chi connectivity index (χ0v) is 21.5. The van der Waals surface area contributed by atoms with Crippen LogP contribution in [0, 0.1) is 11.8 Å². The van der Waals surface area contributed by atoms with Gasteiger partial charge in [0, 0.05) is 25.6 Å². The first kappa shape index (κ1) is 24.6. The van der Waals surface area contributed by atoms with Gasteiger partial charge >= 0.3 is 0 Å². The molecule has 2 fully saturated rings. The van der Waals surface area contributed by atoms with Gasteiger partial charge < -0.3 is 24.7 Å². The summed E-state index contributed by atoms with van der Waals surface area (Å²) in [5, 5.41) is 15.4. The van der Waals surface area contributed by atoms with E-state index in [2.05, 4.69) is 32.3 Å². The van der Waals surface area contributed by atoms with Crippen molar-refractivity contribution >= 4 is 29.9 Å². The van der Waals surface area contributed by atoms with Crippen molar-refractivity contribution in [3.05, 3.63) is 35.9 Å². The number of guanidine groups is 1. The third-order valence-corrected chi connectivity index (χ3v) is 6.59. The molecule has 2 bridgehead atoms. The second kappa shape index (κ2) is 11.7. The lowest BCUT2D eigenvalue weighted by Crippen LogP contribution is -2.46. The molecule has 0 aliphatic heterocycles. The number of halogens is 1. The van der Waals surface area contributed by atoms with Gasteiger partial charge in [0.15, 0.2) is 17.5 Å². The Hall–Kier alpha value is -2.04. The molecule has 176 valence electrons. The predicted molar refractivity (Wildman–Crippen MR) is 136 cm³/mol. The third kappa shape index (κ3) is 5.85. The van der Waals surface area contributed by atoms with Gasteiger partial charge in [-0.2, -0.15) is 0 Å². The third-order valence-electron chi connectivity index (χ3n) is 6.59. The highest BCUT2D eigenvalue weighted by Crippen LogP contribution is 2.44. The standard InChI is InChI=1S/C23H34N6O2.HI/c1-4-22-28-26-15-29(22)10-9-24-23(27-19-12-16-5-7-18(19)11-16)25-14-17-6-8-20(30-2)21(13-17)31-3;/h6,8,13,15-16,18-19H,4-5,7,9-12,14H2,1-3H3,(H2,24,25,27);1H. The van der Waals surface area contributed by atoms with E-state index >= 15 is 0 Å². The molecule has 2 aliphatic rings. The van der Waals surface area contributed by atoms with Crippen molar-refractivity contribution in [3.63, 3.8) is 0 Å². The van der Waals surface area contributed by atoms with Crippen LogP contribution in [0.25, 0.3) is 0 Å². The summed E-state index contributed by atoms with van der Waals surface area (Å²) in [5.74, 6) is 5.01. The van der Waals surface area contributed by atoms with Gasteiger partial charge in [-0.05, 0) is 48.8 Å². The highest BCUT2D eigenvalue weighted by atomic mass is 127. The van der Waals surface area contributed by atoms with E-state index in [1.165, 1.54) is 25.7 Å². The Balaban J connectivity index is 0.00000289. The molecule has 0 radical (unpaired) electrons. The number of hydrogen-bond acceptors (Lipinski definition) is 5. The summed E-state index contributed by atoms with van der Waals surface area (Å²) in [4.78, 5) is 4.89. The van der Waals surface area contributed by atoms with Gasteiger partial charge in [-0.1, -0.05) is 19.4 Å². The Morgan fingerprint density at radius 1 is 1.19 bits per heavy atom. The lowest BCUT2D eigenvalue weighted by atomic mass is 9.95. The Kier molecular flexibility index (Phi) is 9.01. The first-order valence-corrected chi connectivity index (χ1v) is 11.3. The van der Waals surface area contributed by atoms with E-state index in [1.807, 2.05) is 18.2 Å². The van der Waals surface area contributed by atoms with Crippen molar-refractivity contribution in [2.24, 2.45) is 16.8 Å². The van der Waals surface area contributed by atoms with Crippen LogP contribution in [0.15, 0.2) is 29.5 Å². The number of methoxy groups -OCH3 is 2. The molecule has 3 atom stereocenters. The maximum atomic E-state index is 5.43. The first-order chi connectivity index (χ1) is 15.2. The summed E-state index contributed by atoms with van der Waals surface area (Å²) >= 11 is 0. The van der Waals surface area contributed by atoms with Crippen LogP contribution in [0.1, 0.15) is 44.0 Å². The molecule has 3 unspecified atom stereocenters. The second-order valence-corrected chi connectivity index (χ2v) is 8.50. The molecule has 32 heavy (non-hydrogen) atoms. The number of aliphatic imine (C=N–C) groups is 1. The van der Waals surface area contributed by atoms with E-state index in [1.54, 1.807) is 20.5 Å². The molecule has 8 nitrogen and oxygen atoms in total. The van der Waals surface area contributed by atoms with Gasteiger partial charge in [0.2, 0.25) is 0 Å². The number of benzene rings is 1. The number of nitrogens with zero attached hydrogens (tertiary/aromatic N) is 4. The second-order valence-electron chi connectivity index (χ2n) is 8.50. The molecule has 1 aromatic carbocycles. The lowest BCUT2D eigenvalue weighted by molar-refractivity contribution is 0.354. The highest BCUT2D eigenvalue weighted by Gasteiger charge is 2.39. The van der Waals surface area contributed by atoms with E-state index in [4.69, 9.17) is 14.5 Å². The number of nitrogens with one attached hydrogen (secondary N) is 2. The molecule has 9 heteroatoms. The van der Waals surface area contributed by atoms with Crippen LogP contribution in [0.2, 0.25) is 0 Å². The van der Waals surface area contributed by atoms with Crippen LogP contribution in [0.4, 0.5) is 0 Å². The van der Waals surface area contributed by atoms with Gasteiger partial charge in [0.25, 0.3) is 0 Å². The van der Waals surface area contributed by atoms with Crippen molar-refractivity contribution in [2.75, 3.05) is 20.8 Å². The Bertz CT molecular complexity index is 902. The topological polar surface area (TPSA) is 85.6 Å². The fourth-order valence-electron chi connectivity index (χ4n) is 4.93. The number of aryl methyl sites for hydroxylation is 1. The van der Waals surface area contributed by atoms with Gasteiger partial charge in [-0.15, -0.1) is 34.2 Å². The van der Waals surface area contributed by atoms with Crippen LogP contribution in [0.5, 0.6) is 11.5 Å². The summed E-state index contributed by atoms with van der Waals surface area (Å²) < 4.78 is 12.9. The van der Waals surface area contributed by atoms with Crippen molar-refractivity contribution in [3.8, 4) is 11.5 Å². The average Bonchev–Trinajstić information content (AvgIpc) is 3.54. The molecule has 0 saturated heterocycles. The number of rotatable bonds is 9. The van der Waals surface area contributed by atoms with Crippen LogP contribution in [-0.2, 0) is 19.5 Å². The Morgan fingerprint density at radius 2 is 2.03 bits per heavy atom. The molecular weight excluding hydrogens is 519 g/mol. The molecule has 1 aromatic heterocycles. The van der Waals surface area contributed by atoms with E-state index < -0.39 is 0 Å². The van der Waals surface area contributed by atoms with Crippen molar-refractivity contribution < 1.29 is 9.47 Å². The molecule has 0 amide bonds. The van der Waals surface area contributed by atoms with Crippen LogP contribution in [-0.4, -0.2) is 47.5 Å². The van der Waals surface area contributed by atoms with Crippen LogP contribution >= 0.6 is 24.0 Å². The molecule has 2 N–H and O–H groups in total. The Labute approximate surface area is 207 Å². The fraction of sp³-hybridized carbons (Fsp3) is 0.609. The maximum absolute atomic E-state index is 5.43. The van der Waals surface area contributed by atoms with Gasteiger partial charge in [-0.3, -0.25) is 0 Å². The SMILES string of the molecule is CCc1nncn1CCNC(=NCc1ccc(OC)c(OC)c1)NC1CC2CCC1C2.I. The minimum Gasteiger partial charge on any atom is -0.493 e. The summed E-state index contributed by atoms with van der Waals surface area (Å²) in [6.45, 7) is 4.25. The normalized spacial score (nSPS) is 21.8. The molecule has 4 rings (SSSR count). The lowest BCUT2D eigenvalue weighted by Gasteiger charge is -2.25. The zero-order chi connectivity index (χ0) is 21.6. The van der Waals surface area contributed by atoms with Crippen molar-refractivity contribution in [2.45, 2.75) is 58.2 Å². The van der Waals surface area contributed by atoms with Crippen molar-refractivity contribution in [1.29, 1.82) is 0 Å². The van der Waals surface area contributed by atoms with E-state index in [-0.39, 0.29) is 24.0 Å². The summed E-state index contributed by atoms with van der Waals surface area (Å²) in [5.41, 5.74) is 1.08. The molecule has 2 aromatic rings. The van der Waals surface area contributed by atoms with Crippen LogP contribution in [0.3, 0.4) is 0 Å². The molecular formula is C23H35IN6O2. The summed E-state index contributed by atoms with van der Waals surface area (Å²) in [7, 11) is 3.31. The minimum atomic E-state index is 0. The number of ether oxygens (including phenoxy) is 2. The predicted octanol–water partition coefficient (Wildman–Crippen LogP) is 3.40. The molecule has 2 saturated carbocycles. The average molecular weight is 554 g/mol. The van der Waals surface area contributed by atoms with Gasteiger partial charge in [0.05, 0.1) is 20.8 Å². The van der Waals surface area contributed by atoms with Crippen molar-refractivity contribution in [1.82, 2.24) is 25.4 Å². The Morgan fingerprint density at radius 3 is 2.72 bits per heavy atom. The molecule has 2 aliphatic carbocycles. The van der Waals surface area contributed by atoms with Gasteiger partial charge in [-0.25, -0.2) is 4.99 Å². The van der Waals surface area contributed by atoms with E-state index in [0.29, 0.717) is 12.6 Å². The van der Waals surface area contributed by atoms with E-state index in [0.717, 1.165) is 60.2 Å². The quantitative estimate of drug-likeness (QED) is 0.281. The van der Waals surface area contributed by atoms with Gasteiger partial charge in [0.1, 0.15) is 12.2 Å². The smallest absolute Gasteiger partial charge is 0.191 e. The monoisotopic (exact) mass is 554 g/mol. The molecule has 1 heterocycles. The number of hydrogen-bond donors (Lipinski definition) is 2. The maximum Gasteiger partial charge on any atom is 0.191 e. The first-order valence-electron chi connectivity index (χ1n) is 11.3. The largest absolute Gasteiger partial charge is 0.493 e. The summed E-state index contributed by atoms with van der Waals surface area (Å²) in [6, 6.07) is 6.47. The zero-order valence-electron chi connectivity index (χ0n) is 19.2. The summed E-state index contributed by atoms with van der Waals surface area (Å²) in [6.07, 6.45) is 8.02. The van der Waals surface area contributed by atoms with Crippen LogP contribution < -0.4 is 20.1 Å². The minimum absolute atomic E-state index is 0. The number of fused-ring (bicyclic) bond motifs is 2. The highest BCUT2D eigenvalue weighted by molar-refractivity contribution is 14.0. The fourth-order valence-corrected chi connectivity index (χ4v) is 4.93. The number of aromatic nitrogens is 3.